The van der Waals surface area contributed by atoms with Gasteiger partial charge in [0, 0.05) is 73.5 Å². The van der Waals surface area contributed by atoms with E-state index in [2.05, 4.69) is 125 Å². The Bertz CT molecular complexity index is 2140. The summed E-state index contributed by atoms with van der Waals surface area (Å²) in [7, 11) is 0. The molecule has 7 aromatic rings. The van der Waals surface area contributed by atoms with Gasteiger partial charge in [0.1, 0.15) is 45.7 Å². The molecular weight excluding hydrogens is 683 g/mol. The van der Waals surface area contributed by atoms with Crippen LogP contribution in [0.25, 0.3) is 0 Å². The van der Waals surface area contributed by atoms with Crippen molar-refractivity contribution in [2.45, 2.75) is 47.5 Å². The zero-order valence-corrected chi connectivity index (χ0v) is 31.9. The molecule has 0 saturated heterocycles. The first-order valence-corrected chi connectivity index (χ1v) is 18.3. The minimum absolute atomic E-state index is 0.0404. The van der Waals surface area contributed by atoms with Crippen LogP contribution >= 0.6 is 0 Å². The molecule has 4 N–H and O–H groups in total. The second-order valence-electron chi connectivity index (χ2n) is 14.4. The van der Waals surface area contributed by atoms with Crippen molar-refractivity contribution in [2.24, 2.45) is 0 Å². The van der Waals surface area contributed by atoms with E-state index in [9.17, 15) is 25.5 Å². The van der Waals surface area contributed by atoms with Gasteiger partial charge in [0.05, 0.1) is 0 Å². The number of hydrogen-bond donors (Lipinski definition) is 4. The number of aromatic hydroxyl groups is 4. The fourth-order valence-corrected chi connectivity index (χ4v) is 6.97. The van der Waals surface area contributed by atoms with Crippen LogP contribution in [-0.2, 0) is 12.8 Å². The fourth-order valence-electron chi connectivity index (χ4n) is 6.97. The Morgan fingerprint density at radius 1 is 0.364 bits per heavy atom. The van der Waals surface area contributed by atoms with Gasteiger partial charge in [-0.05, 0) is 57.9 Å². The van der Waals surface area contributed by atoms with Crippen LogP contribution in [0, 0.1) is 34.6 Å². The number of phenols is 4. The lowest BCUT2D eigenvalue weighted by Gasteiger charge is -2.37. The summed E-state index contributed by atoms with van der Waals surface area (Å²) < 4.78 is 0.557. The topological polar surface area (TPSA) is 104 Å². The third kappa shape index (κ3) is 8.51. The lowest BCUT2D eigenvalue weighted by Crippen LogP contribution is -2.33. The van der Waals surface area contributed by atoms with Gasteiger partial charge in [-0.3, -0.25) is 0 Å². The SMILES string of the molecule is Cc1cc(Cc2ccc(O)cc2O)c([O-])c(Cc2ccc(O)cc2O)c1.Cc1ccc([N+](c2ccc(C)cc2)(c2ccc(C)cc2)c2ccc(C)cc2)cc1. The van der Waals surface area contributed by atoms with Gasteiger partial charge in [0.2, 0.25) is 0 Å². The van der Waals surface area contributed by atoms with Crippen molar-refractivity contribution in [1.82, 2.24) is 4.48 Å². The van der Waals surface area contributed by atoms with E-state index in [0.29, 0.717) is 26.7 Å². The number of benzene rings is 7. The van der Waals surface area contributed by atoms with E-state index < -0.39 is 0 Å². The van der Waals surface area contributed by atoms with Crippen molar-refractivity contribution < 1.29 is 25.5 Å². The van der Waals surface area contributed by atoms with Crippen molar-refractivity contribution in [2.75, 3.05) is 0 Å². The van der Waals surface area contributed by atoms with Crippen LogP contribution in [0.4, 0.5) is 22.7 Å². The number of aryl methyl sites for hydroxylation is 5. The van der Waals surface area contributed by atoms with Crippen LogP contribution in [0.3, 0.4) is 0 Å². The molecule has 278 valence electrons. The standard InChI is InChI=1S/C28H28N.C21H20O5/c1-21-5-13-25(14-6-21)29(26-15-7-22(2)8-16-26,27-17-9-23(3)10-18-27)28-19-11-24(4)12-20-28;1-12-6-15(8-13-2-4-17(22)10-19(13)24)21(26)16(7-12)9-14-3-5-18(23)11-20(14)25/h5-20H,1-4H3;2-7,10-11,22-26H,8-9H2,1H3/q+1;/p-1. The smallest absolute Gasteiger partial charge is 0.148 e. The monoisotopic (exact) mass is 729 g/mol. The zero-order chi connectivity index (χ0) is 39.3. The zero-order valence-electron chi connectivity index (χ0n) is 31.9. The van der Waals surface area contributed by atoms with Crippen molar-refractivity contribution in [1.29, 1.82) is 0 Å². The summed E-state index contributed by atoms with van der Waals surface area (Å²) in [6, 6.07) is 47.8. The molecule has 7 aromatic carbocycles. The van der Waals surface area contributed by atoms with E-state index in [-0.39, 0.29) is 41.6 Å². The van der Waals surface area contributed by atoms with Crippen molar-refractivity contribution in [3.05, 3.63) is 196 Å². The number of nitrogens with zero attached hydrogens (tertiary/aromatic N) is 1. The quantitative estimate of drug-likeness (QED) is 0.117. The van der Waals surface area contributed by atoms with E-state index in [1.54, 1.807) is 24.3 Å². The number of rotatable bonds is 8. The number of hydrogen-bond acceptors (Lipinski definition) is 5. The van der Waals surface area contributed by atoms with Crippen molar-refractivity contribution >= 4 is 22.7 Å². The Morgan fingerprint density at radius 3 is 0.927 bits per heavy atom. The van der Waals surface area contributed by atoms with Gasteiger partial charge in [-0.25, -0.2) is 0 Å². The maximum Gasteiger partial charge on any atom is 0.148 e. The third-order valence-electron chi connectivity index (χ3n) is 9.97. The van der Waals surface area contributed by atoms with Crippen LogP contribution in [0.15, 0.2) is 146 Å². The highest BCUT2D eigenvalue weighted by Crippen LogP contribution is 2.51. The molecule has 0 aliphatic heterocycles. The second kappa shape index (κ2) is 16.3. The van der Waals surface area contributed by atoms with Crippen molar-refractivity contribution in [3.8, 4) is 28.7 Å². The van der Waals surface area contributed by atoms with Gasteiger partial charge in [0.25, 0.3) is 0 Å². The Labute approximate surface area is 323 Å². The van der Waals surface area contributed by atoms with Crippen LogP contribution in [0.1, 0.15) is 50.1 Å². The summed E-state index contributed by atoms with van der Waals surface area (Å²) >= 11 is 0. The lowest BCUT2D eigenvalue weighted by atomic mass is 9.95. The second-order valence-corrected chi connectivity index (χ2v) is 14.4. The number of quaternary nitrogens is 1. The highest BCUT2D eigenvalue weighted by Gasteiger charge is 2.39. The third-order valence-corrected chi connectivity index (χ3v) is 9.97. The van der Waals surface area contributed by atoms with E-state index >= 15 is 0 Å². The molecule has 0 spiro atoms. The molecule has 0 fully saturated rings. The fraction of sp³-hybridized carbons (Fsp3) is 0.143. The molecule has 7 rings (SSSR count). The first-order chi connectivity index (χ1) is 26.3. The summed E-state index contributed by atoms with van der Waals surface area (Å²) in [5, 5.41) is 51.5. The van der Waals surface area contributed by atoms with Gasteiger partial charge in [-0.1, -0.05) is 112 Å². The van der Waals surface area contributed by atoms with E-state index in [1.807, 2.05) is 6.92 Å². The highest BCUT2D eigenvalue weighted by molar-refractivity contribution is 5.81. The Hall–Kier alpha value is -6.50. The molecule has 6 heteroatoms. The molecular formula is C49H47NO5. The number of phenolic OH excluding ortho intramolecular Hbond substituents is 4. The summed E-state index contributed by atoms with van der Waals surface area (Å²) in [6.07, 6.45) is 0.475. The van der Waals surface area contributed by atoms with Crippen LogP contribution in [-0.4, -0.2) is 20.4 Å². The molecule has 0 aliphatic carbocycles. The summed E-state index contributed by atoms with van der Waals surface area (Å²) in [5.41, 5.74) is 13.0. The average molecular weight is 730 g/mol. The maximum absolute atomic E-state index is 12.8. The van der Waals surface area contributed by atoms with Crippen molar-refractivity contribution in [3.63, 3.8) is 0 Å². The molecule has 0 bridgehead atoms. The summed E-state index contributed by atoms with van der Waals surface area (Å²) in [6.45, 7) is 10.4. The predicted molar refractivity (Wildman–Crippen MR) is 221 cm³/mol. The molecule has 0 saturated carbocycles. The molecule has 0 aromatic heterocycles. The minimum atomic E-state index is -0.157. The van der Waals surface area contributed by atoms with Crippen LogP contribution in [0.2, 0.25) is 0 Å². The largest absolute Gasteiger partial charge is 0.872 e. The molecule has 0 unspecified atom stereocenters. The van der Waals surface area contributed by atoms with E-state index in [1.165, 1.54) is 69.3 Å². The first-order valence-electron chi connectivity index (χ1n) is 18.3. The van der Waals surface area contributed by atoms with Gasteiger partial charge >= 0.3 is 0 Å². The predicted octanol–water partition coefficient (Wildman–Crippen LogP) is 11.3. The first kappa shape index (κ1) is 38.2. The van der Waals surface area contributed by atoms with Gasteiger partial charge in [-0.2, -0.15) is 4.48 Å². The van der Waals surface area contributed by atoms with E-state index in [4.69, 9.17) is 0 Å². The molecule has 0 radical (unpaired) electrons. The Kier molecular flexibility index (Phi) is 11.3. The summed E-state index contributed by atoms with van der Waals surface area (Å²) in [4.78, 5) is 0. The molecule has 0 amide bonds. The Morgan fingerprint density at radius 2 is 0.655 bits per heavy atom. The van der Waals surface area contributed by atoms with Gasteiger partial charge in [-0.15, -0.1) is 5.75 Å². The Balaban J connectivity index is 0.000000188. The average Bonchev–Trinajstić information content (AvgIpc) is 3.15. The molecule has 0 heterocycles. The lowest BCUT2D eigenvalue weighted by molar-refractivity contribution is -0.270. The minimum Gasteiger partial charge on any atom is -0.872 e. The van der Waals surface area contributed by atoms with Crippen LogP contribution in [0.5, 0.6) is 28.7 Å². The summed E-state index contributed by atoms with van der Waals surface area (Å²) in [5.74, 6) is -0.370. The normalized spacial score (nSPS) is 11.1. The molecule has 0 aliphatic rings. The molecule has 6 nitrogen and oxygen atoms in total. The molecule has 0 atom stereocenters. The highest BCUT2D eigenvalue weighted by atomic mass is 16.3. The van der Waals surface area contributed by atoms with Gasteiger partial charge in [0.15, 0.2) is 0 Å². The molecule has 55 heavy (non-hydrogen) atoms. The maximum atomic E-state index is 12.8. The van der Waals surface area contributed by atoms with E-state index in [0.717, 1.165) is 5.56 Å². The van der Waals surface area contributed by atoms with Crippen LogP contribution < -0.4 is 9.59 Å². The van der Waals surface area contributed by atoms with Gasteiger partial charge < -0.3 is 25.5 Å².